The van der Waals surface area contributed by atoms with E-state index in [4.69, 9.17) is 0 Å². The van der Waals surface area contributed by atoms with Gasteiger partial charge >= 0.3 is 0 Å². The quantitative estimate of drug-likeness (QED) is 0.589. The zero-order valence-corrected chi connectivity index (χ0v) is 15.9. The van der Waals surface area contributed by atoms with Crippen LogP contribution in [0.1, 0.15) is 64.7 Å². The van der Waals surface area contributed by atoms with Crippen LogP contribution in [0.2, 0.25) is 0 Å². The van der Waals surface area contributed by atoms with Crippen LogP contribution in [-0.4, -0.2) is 55.3 Å². The zero-order chi connectivity index (χ0) is 18.1. The highest BCUT2D eigenvalue weighted by Crippen LogP contribution is 2.48. The molecule has 1 atom stereocenters. The molecule has 2 amide bonds. The number of hydrogen-bond donors (Lipinski definition) is 1. The first-order valence-corrected chi connectivity index (χ1v) is 11.5. The van der Waals surface area contributed by atoms with Crippen molar-refractivity contribution in [3.8, 4) is 0 Å². The summed E-state index contributed by atoms with van der Waals surface area (Å²) >= 11 is 0. The van der Waals surface area contributed by atoms with Gasteiger partial charge < -0.3 is 10.2 Å². The summed E-state index contributed by atoms with van der Waals surface area (Å²) < 4.78 is 23.5. The summed E-state index contributed by atoms with van der Waals surface area (Å²) in [6, 6.07) is -0.0899. The lowest BCUT2D eigenvalue weighted by Crippen LogP contribution is -2.51. The van der Waals surface area contributed by atoms with Crippen LogP contribution in [0.4, 0.5) is 0 Å². The lowest BCUT2D eigenvalue weighted by molar-refractivity contribution is -0.145. The van der Waals surface area contributed by atoms with Crippen molar-refractivity contribution in [1.82, 2.24) is 10.2 Å². The molecule has 1 aliphatic heterocycles. The molecule has 6 nitrogen and oxygen atoms in total. The molecule has 0 aromatic carbocycles. The standard InChI is InChI=1S/C18H30N2O4S/c1-2-20(15-9-12-25(23,24)13-15)17(22)18(10-11-18)16(21)19-14-7-5-3-4-6-8-14/h14-15H,2-13H2,1H3,(H,19,21). The van der Waals surface area contributed by atoms with Crippen LogP contribution in [-0.2, 0) is 19.4 Å². The Bertz CT molecular complexity index is 619. The predicted molar refractivity (Wildman–Crippen MR) is 95.7 cm³/mol. The third kappa shape index (κ3) is 4.01. The van der Waals surface area contributed by atoms with Gasteiger partial charge in [0.25, 0.3) is 0 Å². The van der Waals surface area contributed by atoms with E-state index in [-0.39, 0.29) is 35.4 Å². The minimum absolute atomic E-state index is 0.0346. The number of rotatable bonds is 5. The molecule has 7 heteroatoms. The van der Waals surface area contributed by atoms with E-state index in [9.17, 15) is 18.0 Å². The molecule has 0 aromatic heterocycles. The van der Waals surface area contributed by atoms with Gasteiger partial charge in [-0.3, -0.25) is 9.59 Å². The fourth-order valence-electron chi connectivity index (χ4n) is 4.27. The van der Waals surface area contributed by atoms with Crippen molar-refractivity contribution in [3.05, 3.63) is 0 Å². The van der Waals surface area contributed by atoms with E-state index < -0.39 is 15.3 Å². The number of nitrogens with zero attached hydrogens (tertiary/aromatic N) is 1. The summed E-state index contributed by atoms with van der Waals surface area (Å²) in [4.78, 5) is 27.6. The SMILES string of the molecule is CCN(C(=O)C1(C(=O)NC2CCCCCC2)CC1)C1CCS(=O)(=O)C1. The zero-order valence-electron chi connectivity index (χ0n) is 15.1. The summed E-state index contributed by atoms with van der Waals surface area (Å²) in [5, 5.41) is 3.12. The van der Waals surface area contributed by atoms with E-state index in [1.807, 2.05) is 6.92 Å². The lowest BCUT2D eigenvalue weighted by Gasteiger charge is -2.31. The van der Waals surface area contributed by atoms with Crippen LogP contribution >= 0.6 is 0 Å². The van der Waals surface area contributed by atoms with Crippen molar-refractivity contribution in [1.29, 1.82) is 0 Å². The van der Waals surface area contributed by atoms with Crippen LogP contribution < -0.4 is 5.32 Å². The molecule has 0 aromatic rings. The minimum atomic E-state index is -3.05. The Balaban J connectivity index is 1.66. The second-order valence-corrected chi connectivity index (χ2v) is 10.1. The molecule has 2 aliphatic carbocycles. The topological polar surface area (TPSA) is 83.6 Å². The molecule has 0 radical (unpaired) electrons. The Hall–Kier alpha value is -1.11. The van der Waals surface area contributed by atoms with Gasteiger partial charge in [0.05, 0.1) is 11.5 Å². The van der Waals surface area contributed by atoms with E-state index in [0.717, 1.165) is 25.7 Å². The number of nitrogens with one attached hydrogen (secondary N) is 1. The Kier molecular flexibility index (Phi) is 5.42. The highest BCUT2D eigenvalue weighted by Gasteiger charge is 2.59. The van der Waals surface area contributed by atoms with Crippen molar-refractivity contribution in [2.24, 2.45) is 5.41 Å². The number of amides is 2. The van der Waals surface area contributed by atoms with E-state index >= 15 is 0 Å². The second kappa shape index (κ2) is 7.25. The van der Waals surface area contributed by atoms with Gasteiger partial charge in [0.15, 0.2) is 9.84 Å². The molecule has 25 heavy (non-hydrogen) atoms. The van der Waals surface area contributed by atoms with Crippen LogP contribution in [0.5, 0.6) is 0 Å². The first kappa shape index (κ1) is 18.7. The van der Waals surface area contributed by atoms with Gasteiger partial charge in [-0.2, -0.15) is 0 Å². The van der Waals surface area contributed by atoms with E-state index in [1.54, 1.807) is 4.90 Å². The van der Waals surface area contributed by atoms with Crippen molar-refractivity contribution in [2.75, 3.05) is 18.1 Å². The third-order valence-corrected chi connectivity index (χ3v) is 7.79. The summed E-state index contributed by atoms with van der Waals surface area (Å²) in [6.07, 6.45) is 8.35. The van der Waals surface area contributed by atoms with E-state index in [1.165, 1.54) is 12.8 Å². The smallest absolute Gasteiger partial charge is 0.238 e. The van der Waals surface area contributed by atoms with Crippen molar-refractivity contribution in [2.45, 2.75) is 76.8 Å². The van der Waals surface area contributed by atoms with Crippen LogP contribution in [0.3, 0.4) is 0 Å². The maximum Gasteiger partial charge on any atom is 0.238 e. The fraction of sp³-hybridized carbons (Fsp3) is 0.889. The maximum absolute atomic E-state index is 13.1. The molecule has 1 saturated heterocycles. The second-order valence-electron chi connectivity index (χ2n) is 7.89. The van der Waals surface area contributed by atoms with Gasteiger partial charge in [0.2, 0.25) is 11.8 Å². The molecule has 3 aliphatic rings. The molecule has 3 fully saturated rings. The largest absolute Gasteiger partial charge is 0.352 e. The number of carbonyl (C=O) groups is 2. The average molecular weight is 371 g/mol. The molecule has 142 valence electrons. The van der Waals surface area contributed by atoms with E-state index in [0.29, 0.717) is 25.8 Å². The van der Waals surface area contributed by atoms with Gasteiger partial charge in [-0.05, 0) is 39.0 Å². The highest BCUT2D eigenvalue weighted by molar-refractivity contribution is 7.91. The summed E-state index contributed by atoms with van der Waals surface area (Å²) in [6.45, 7) is 2.32. The summed E-state index contributed by atoms with van der Waals surface area (Å²) in [5.74, 6) is -0.123. The molecular formula is C18H30N2O4S. The molecule has 0 spiro atoms. The normalized spacial score (nSPS) is 28.1. The summed E-state index contributed by atoms with van der Waals surface area (Å²) in [5.41, 5.74) is -0.936. The lowest BCUT2D eigenvalue weighted by atomic mass is 10.0. The van der Waals surface area contributed by atoms with Gasteiger partial charge in [-0.15, -0.1) is 0 Å². The van der Waals surface area contributed by atoms with Crippen molar-refractivity contribution < 1.29 is 18.0 Å². The van der Waals surface area contributed by atoms with E-state index in [2.05, 4.69) is 5.32 Å². The van der Waals surface area contributed by atoms with Crippen molar-refractivity contribution in [3.63, 3.8) is 0 Å². The molecule has 1 unspecified atom stereocenters. The molecule has 1 N–H and O–H groups in total. The van der Waals surface area contributed by atoms with Crippen LogP contribution in [0, 0.1) is 5.41 Å². The first-order chi connectivity index (χ1) is 11.9. The third-order valence-electron chi connectivity index (χ3n) is 6.04. The van der Waals surface area contributed by atoms with Gasteiger partial charge in [0, 0.05) is 18.6 Å². The summed E-state index contributed by atoms with van der Waals surface area (Å²) in [7, 11) is -3.05. The fourth-order valence-corrected chi connectivity index (χ4v) is 6.00. The molecule has 2 saturated carbocycles. The molecular weight excluding hydrogens is 340 g/mol. The maximum atomic E-state index is 13.1. The van der Waals surface area contributed by atoms with Crippen LogP contribution in [0.15, 0.2) is 0 Å². The average Bonchev–Trinajstić information content (AvgIpc) is 3.33. The molecule has 0 bridgehead atoms. The number of hydrogen-bond acceptors (Lipinski definition) is 4. The Morgan fingerprint density at radius 1 is 1.08 bits per heavy atom. The van der Waals surface area contributed by atoms with Gasteiger partial charge in [-0.1, -0.05) is 25.7 Å². The molecule has 3 rings (SSSR count). The molecule has 1 heterocycles. The van der Waals surface area contributed by atoms with Gasteiger partial charge in [0.1, 0.15) is 5.41 Å². The predicted octanol–water partition coefficient (Wildman–Crippen LogP) is 1.64. The first-order valence-electron chi connectivity index (χ1n) is 9.70. The Labute approximate surface area is 150 Å². The Morgan fingerprint density at radius 3 is 2.20 bits per heavy atom. The number of carbonyl (C=O) groups excluding carboxylic acids is 2. The highest BCUT2D eigenvalue weighted by atomic mass is 32.2. The minimum Gasteiger partial charge on any atom is -0.352 e. The van der Waals surface area contributed by atoms with Crippen molar-refractivity contribution >= 4 is 21.7 Å². The van der Waals surface area contributed by atoms with Gasteiger partial charge in [-0.25, -0.2) is 8.42 Å². The monoisotopic (exact) mass is 370 g/mol. The number of sulfone groups is 1. The van der Waals surface area contributed by atoms with Crippen LogP contribution in [0.25, 0.3) is 0 Å². The Morgan fingerprint density at radius 2 is 1.72 bits per heavy atom.